The summed E-state index contributed by atoms with van der Waals surface area (Å²) in [4.78, 5) is 16.7. The lowest BCUT2D eigenvalue weighted by atomic mass is 10.0. The van der Waals surface area contributed by atoms with Crippen molar-refractivity contribution in [2.45, 2.75) is 13.0 Å². The van der Waals surface area contributed by atoms with E-state index < -0.39 is 0 Å². The summed E-state index contributed by atoms with van der Waals surface area (Å²) in [5, 5.41) is 0.717. The Balaban J connectivity index is 1.57. The van der Waals surface area contributed by atoms with E-state index in [2.05, 4.69) is 43.3 Å². The van der Waals surface area contributed by atoms with Gasteiger partial charge in [-0.25, -0.2) is 0 Å². The van der Waals surface area contributed by atoms with Crippen molar-refractivity contribution in [1.29, 1.82) is 0 Å². The molecular weight excluding hydrogens is 380 g/mol. The van der Waals surface area contributed by atoms with Crippen LogP contribution in [0.1, 0.15) is 21.5 Å². The summed E-state index contributed by atoms with van der Waals surface area (Å²) in [7, 11) is 5.99. The molecule has 0 bridgehead atoms. The normalized spacial score (nSPS) is 10.9. The third kappa shape index (κ3) is 5.93. The molecule has 3 aromatic rings. The summed E-state index contributed by atoms with van der Waals surface area (Å²) >= 11 is 5.95. The van der Waals surface area contributed by atoms with Crippen molar-refractivity contribution in [3.8, 4) is 11.1 Å². The fraction of sp³-hybridized carbons (Fsp3) is 0.240. The Bertz CT molecular complexity index is 932. The molecular formula is C25H27ClN2O. The van der Waals surface area contributed by atoms with Crippen LogP contribution in [-0.4, -0.2) is 43.4 Å². The van der Waals surface area contributed by atoms with Gasteiger partial charge in [-0.3, -0.25) is 4.79 Å². The zero-order valence-corrected chi connectivity index (χ0v) is 18.0. The van der Waals surface area contributed by atoms with Gasteiger partial charge in [-0.2, -0.15) is 0 Å². The number of carbonyl (C=O) groups excluding carboxylic acids is 1. The van der Waals surface area contributed by atoms with E-state index in [1.54, 1.807) is 4.90 Å². The van der Waals surface area contributed by atoms with Crippen molar-refractivity contribution in [3.63, 3.8) is 0 Å². The van der Waals surface area contributed by atoms with Gasteiger partial charge in [0, 0.05) is 30.7 Å². The van der Waals surface area contributed by atoms with Crippen LogP contribution in [0, 0.1) is 0 Å². The minimum atomic E-state index is 0.0388. The summed E-state index contributed by atoms with van der Waals surface area (Å²) in [6.45, 7) is 1.62. The van der Waals surface area contributed by atoms with Gasteiger partial charge in [-0.15, -0.1) is 0 Å². The van der Waals surface area contributed by atoms with E-state index in [1.165, 1.54) is 11.1 Å². The quantitative estimate of drug-likeness (QED) is 0.525. The molecule has 0 unspecified atom stereocenters. The highest BCUT2D eigenvalue weighted by Gasteiger charge is 2.12. The van der Waals surface area contributed by atoms with Crippen LogP contribution < -0.4 is 0 Å². The van der Waals surface area contributed by atoms with Crippen molar-refractivity contribution in [1.82, 2.24) is 9.80 Å². The highest BCUT2D eigenvalue weighted by atomic mass is 35.5. The molecule has 0 spiro atoms. The topological polar surface area (TPSA) is 23.6 Å². The molecule has 0 aliphatic heterocycles. The lowest BCUT2D eigenvalue weighted by Crippen LogP contribution is -2.28. The molecule has 0 radical (unpaired) electrons. The molecule has 0 atom stereocenters. The second-order valence-corrected chi connectivity index (χ2v) is 8.05. The number of carbonyl (C=O) groups is 1. The van der Waals surface area contributed by atoms with E-state index in [0.29, 0.717) is 12.1 Å². The second-order valence-electron chi connectivity index (χ2n) is 7.62. The molecule has 3 nitrogen and oxygen atoms in total. The first-order valence-corrected chi connectivity index (χ1v) is 10.1. The molecule has 3 aromatic carbocycles. The number of rotatable bonds is 7. The van der Waals surface area contributed by atoms with Gasteiger partial charge in [0.15, 0.2) is 0 Å². The monoisotopic (exact) mass is 406 g/mol. The van der Waals surface area contributed by atoms with Crippen LogP contribution in [0.25, 0.3) is 11.1 Å². The predicted molar refractivity (Wildman–Crippen MR) is 121 cm³/mol. The second kappa shape index (κ2) is 9.73. The number of hydrogen-bond acceptors (Lipinski definition) is 2. The van der Waals surface area contributed by atoms with Crippen molar-refractivity contribution in [2.75, 3.05) is 27.7 Å². The van der Waals surface area contributed by atoms with Gasteiger partial charge in [0.05, 0.1) is 0 Å². The molecule has 0 heterocycles. The molecule has 0 saturated heterocycles. The smallest absolute Gasteiger partial charge is 0.253 e. The fourth-order valence-corrected chi connectivity index (χ4v) is 3.37. The first kappa shape index (κ1) is 21.1. The molecule has 1 amide bonds. The maximum absolute atomic E-state index is 12.7. The number of likely N-dealkylation sites (N-methyl/N-ethyl adjacent to an activating group) is 1. The standard InChI is InChI=1S/C25H27ClN2O/c1-27(2)18-20-6-4-19(5-7-20)16-17-28(3)25(29)23-10-8-21(9-11-23)22-12-14-24(26)15-13-22/h4-15H,16-18H2,1-3H3. The van der Waals surface area contributed by atoms with Crippen LogP contribution in [0.4, 0.5) is 0 Å². The van der Waals surface area contributed by atoms with E-state index in [0.717, 1.165) is 29.1 Å². The number of nitrogens with zero attached hydrogens (tertiary/aromatic N) is 2. The Kier molecular flexibility index (Phi) is 7.08. The molecule has 4 heteroatoms. The average Bonchev–Trinajstić information content (AvgIpc) is 2.73. The van der Waals surface area contributed by atoms with Crippen LogP contribution >= 0.6 is 11.6 Å². The van der Waals surface area contributed by atoms with Crippen molar-refractivity contribution in [3.05, 3.63) is 94.5 Å². The van der Waals surface area contributed by atoms with Gasteiger partial charge in [-0.05, 0) is 67.0 Å². The van der Waals surface area contributed by atoms with Crippen molar-refractivity contribution < 1.29 is 4.79 Å². The maximum atomic E-state index is 12.7. The Morgan fingerprint density at radius 2 is 1.28 bits per heavy atom. The van der Waals surface area contributed by atoms with Gasteiger partial charge in [0.2, 0.25) is 0 Å². The van der Waals surface area contributed by atoms with Crippen molar-refractivity contribution >= 4 is 17.5 Å². The van der Waals surface area contributed by atoms with E-state index in [1.807, 2.05) is 55.6 Å². The van der Waals surface area contributed by atoms with Gasteiger partial charge in [-0.1, -0.05) is 60.1 Å². The maximum Gasteiger partial charge on any atom is 0.253 e. The SMILES string of the molecule is CN(C)Cc1ccc(CCN(C)C(=O)c2ccc(-c3ccc(Cl)cc3)cc2)cc1. The summed E-state index contributed by atoms with van der Waals surface area (Å²) in [6.07, 6.45) is 0.841. The van der Waals surface area contributed by atoms with Crippen LogP contribution in [0.5, 0.6) is 0 Å². The third-order valence-corrected chi connectivity index (χ3v) is 5.17. The van der Waals surface area contributed by atoms with Crippen molar-refractivity contribution in [2.24, 2.45) is 0 Å². The van der Waals surface area contributed by atoms with Crippen LogP contribution in [0.15, 0.2) is 72.8 Å². The van der Waals surface area contributed by atoms with E-state index >= 15 is 0 Å². The van der Waals surface area contributed by atoms with Crippen LogP contribution in [0.3, 0.4) is 0 Å². The molecule has 3 rings (SSSR count). The van der Waals surface area contributed by atoms with E-state index in [4.69, 9.17) is 11.6 Å². The van der Waals surface area contributed by atoms with Gasteiger partial charge in [0.25, 0.3) is 5.91 Å². The average molecular weight is 407 g/mol. The summed E-state index contributed by atoms with van der Waals surface area (Å²) < 4.78 is 0. The fourth-order valence-electron chi connectivity index (χ4n) is 3.24. The Labute approximate surface area is 178 Å². The molecule has 0 aliphatic carbocycles. The molecule has 0 aliphatic rings. The molecule has 0 fully saturated rings. The van der Waals surface area contributed by atoms with Gasteiger partial charge >= 0.3 is 0 Å². The first-order chi connectivity index (χ1) is 13.9. The number of hydrogen-bond donors (Lipinski definition) is 0. The minimum Gasteiger partial charge on any atom is -0.341 e. The Hall–Kier alpha value is -2.62. The van der Waals surface area contributed by atoms with Crippen LogP contribution in [-0.2, 0) is 13.0 Å². The predicted octanol–water partition coefficient (Wildman–Crippen LogP) is 5.38. The number of halogens is 1. The zero-order valence-electron chi connectivity index (χ0n) is 17.2. The van der Waals surface area contributed by atoms with Crippen LogP contribution in [0.2, 0.25) is 5.02 Å². The van der Waals surface area contributed by atoms with Gasteiger partial charge < -0.3 is 9.80 Å². The summed E-state index contributed by atoms with van der Waals surface area (Å²) in [5.41, 5.74) is 5.39. The molecule has 0 saturated carbocycles. The lowest BCUT2D eigenvalue weighted by molar-refractivity contribution is 0.0796. The highest BCUT2D eigenvalue weighted by Crippen LogP contribution is 2.22. The largest absolute Gasteiger partial charge is 0.341 e. The molecule has 29 heavy (non-hydrogen) atoms. The minimum absolute atomic E-state index is 0.0388. The number of benzene rings is 3. The summed E-state index contributed by atoms with van der Waals surface area (Å²) in [6, 6.07) is 24.1. The number of amides is 1. The first-order valence-electron chi connectivity index (χ1n) is 9.76. The Morgan fingerprint density at radius 3 is 1.83 bits per heavy atom. The lowest BCUT2D eigenvalue weighted by Gasteiger charge is -2.18. The van der Waals surface area contributed by atoms with Gasteiger partial charge in [0.1, 0.15) is 0 Å². The summed E-state index contributed by atoms with van der Waals surface area (Å²) in [5.74, 6) is 0.0388. The van der Waals surface area contributed by atoms with E-state index in [-0.39, 0.29) is 5.91 Å². The molecule has 0 N–H and O–H groups in total. The molecule has 0 aromatic heterocycles. The highest BCUT2D eigenvalue weighted by molar-refractivity contribution is 6.30. The third-order valence-electron chi connectivity index (χ3n) is 4.91. The zero-order chi connectivity index (χ0) is 20.8. The molecule has 150 valence electrons. The Morgan fingerprint density at radius 1 is 0.759 bits per heavy atom. The van der Waals surface area contributed by atoms with E-state index in [9.17, 15) is 4.79 Å².